The van der Waals surface area contributed by atoms with Crippen molar-refractivity contribution < 1.29 is 4.74 Å². The van der Waals surface area contributed by atoms with E-state index in [1.54, 1.807) is 19.4 Å². The second kappa shape index (κ2) is 10.1. The molecule has 0 rings (SSSR count). The van der Waals surface area contributed by atoms with E-state index in [9.17, 15) is 0 Å². The van der Waals surface area contributed by atoms with Gasteiger partial charge in [0.1, 0.15) is 0 Å². The lowest BCUT2D eigenvalue weighted by molar-refractivity contribution is 0.338. The van der Waals surface area contributed by atoms with Crippen LogP contribution < -0.4 is 0 Å². The van der Waals surface area contributed by atoms with Gasteiger partial charge in [-0.05, 0) is 6.42 Å². The molecule has 12 heavy (non-hydrogen) atoms. The van der Waals surface area contributed by atoms with E-state index in [1.807, 2.05) is 0 Å². The average Bonchev–Trinajstić information content (AvgIpc) is 2.10. The molecule has 0 aliphatic rings. The number of methoxy groups -OCH3 is 1. The molecule has 0 bridgehead atoms. The Morgan fingerprint density at radius 1 is 1.25 bits per heavy atom. The van der Waals surface area contributed by atoms with Crippen LogP contribution in [0.1, 0.15) is 39.0 Å². The first kappa shape index (κ1) is 11.1. The molecule has 1 heteroatoms. The van der Waals surface area contributed by atoms with Crippen molar-refractivity contribution in [2.75, 3.05) is 7.11 Å². The van der Waals surface area contributed by atoms with Crippen LogP contribution in [0.4, 0.5) is 0 Å². The lowest BCUT2D eigenvalue weighted by Crippen LogP contribution is -1.73. The molecule has 0 aliphatic heterocycles. The zero-order chi connectivity index (χ0) is 9.07. The number of rotatable bonds is 5. The Bertz CT molecular complexity index is 160. The van der Waals surface area contributed by atoms with E-state index < -0.39 is 0 Å². The van der Waals surface area contributed by atoms with Gasteiger partial charge in [0.05, 0.1) is 13.4 Å². The molecular weight excluding hydrogens is 148 g/mol. The minimum atomic E-state index is 1.01. The molecule has 0 saturated heterocycles. The van der Waals surface area contributed by atoms with Gasteiger partial charge in [-0.15, -0.1) is 0 Å². The minimum Gasteiger partial charge on any atom is -0.504 e. The molecular formula is C11H18O. The van der Waals surface area contributed by atoms with Crippen LogP contribution in [0.3, 0.4) is 0 Å². The molecule has 1 nitrogen and oxygen atoms in total. The summed E-state index contributed by atoms with van der Waals surface area (Å²) in [6, 6.07) is 0. The predicted octanol–water partition coefficient (Wildman–Crippen LogP) is 3.12. The van der Waals surface area contributed by atoms with Crippen LogP contribution >= 0.6 is 0 Å². The fourth-order valence-corrected chi connectivity index (χ4v) is 0.873. The fourth-order valence-electron chi connectivity index (χ4n) is 0.873. The minimum absolute atomic E-state index is 1.01. The normalized spacial score (nSPS) is 9.50. The van der Waals surface area contributed by atoms with Crippen LogP contribution in [0.15, 0.2) is 12.3 Å². The molecule has 0 aromatic carbocycles. The van der Waals surface area contributed by atoms with Gasteiger partial charge in [0.15, 0.2) is 0 Å². The van der Waals surface area contributed by atoms with Crippen LogP contribution in [-0.4, -0.2) is 7.11 Å². The summed E-state index contributed by atoms with van der Waals surface area (Å²) in [6.45, 7) is 2.22. The van der Waals surface area contributed by atoms with Crippen molar-refractivity contribution in [3.05, 3.63) is 12.3 Å². The predicted molar refractivity (Wildman–Crippen MR) is 52.7 cm³/mol. The van der Waals surface area contributed by atoms with Gasteiger partial charge in [0.2, 0.25) is 0 Å². The third-order valence-electron chi connectivity index (χ3n) is 1.54. The van der Waals surface area contributed by atoms with E-state index >= 15 is 0 Å². The van der Waals surface area contributed by atoms with Gasteiger partial charge in [-0.2, -0.15) is 0 Å². The fraction of sp³-hybridized carbons (Fsp3) is 0.636. The van der Waals surface area contributed by atoms with E-state index in [4.69, 9.17) is 4.74 Å². The van der Waals surface area contributed by atoms with Crippen molar-refractivity contribution in [3.63, 3.8) is 0 Å². The molecule has 0 saturated carbocycles. The zero-order valence-corrected chi connectivity index (χ0v) is 8.10. The lowest BCUT2D eigenvalue weighted by Gasteiger charge is -1.91. The summed E-state index contributed by atoms with van der Waals surface area (Å²) in [6.07, 6.45) is 9.49. The van der Waals surface area contributed by atoms with Crippen molar-refractivity contribution >= 4 is 0 Å². The first-order chi connectivity index (χ1) is 5.91. The second-order valence-electron chi connectivity index (χ2n) is 2.67. The summed E-state index contributed by atoms with van der Waals surface area (Å²) in [4.78, 5) is 0. The highest BCUT2D eigenvalue weighted by Gasteiger charge is 1.82. The second-order valence-corrected chi connectivity index (χ2v) is 2.67. The highest BCUT2D eigenvalue weighted by atomic mass is 16.5. The molecule has 0 aromatic heterocycles. The van der Waals surface area contributed by atoms with Crippen molar-refractivity contribution in [3.8, 4) is 11.8 Å². The molecule has 0 spiro atoms. The monoisotopic (exact) mass is 166 g/mol. The molecule has 0 N–H and O–H groups in total. The quantitative estimate of drug-likeness (QED) is 0.346. The maximum Gasteiger partial charge on any atom is 0.0908 e. The molecule has 0 amide bonds. The smallest absolute Gasteiger partial charge is 0.0908 e. The van der Waals surface area contributed by atoms with Crippen molar-refractivity contribution in [2.45, 2.75) is 39.0 Å². The van der Waals surface area contributed by atoms with Crippen molar-refractivity contribution in [2.24, 2.45) is 0 Å². The number of ether oxygens (including phenoxy) is 1. The van der Waals surface area contributed by atoms with Gasteiger partial charge in [-0.3, -0.25) is 0 Å². The number of allylic oxidation sites excluding steroid dienone is 1. The lowest BCUT2D eigenvalue weighted by atomic mass is 10.2. The van der Waals surface area contributed by atoms with Gasteiger partial charge >= 0.3 is 0 Å². The maximum absolute atomic E-state index is 4.70. The number of hydrogen-bond donors (Lipinski definition) is 0. The van der Waals surface area contributed by atoms with Crippen LogP contribution in [-0.2, 0) is 4.74 Å². The summed E-state index contributed by atoms with van der Waals surface area (Å²) in [7, 11) is 1.62. The molecule has 0 unspecified atom stereocenters. The van der Waals surface area contributed by atoms with E-state index in [0.29, 0.717) is 0 Å². The maximum atomic E-state index is 4.70. The molecule has 68 valence electrons. The van der Waals surface area contributed by atoms with Gasteiger partial charge in [0, 0.05) is 12.5 Å². The van der Waals surface area contributed by atoms with Gasteiger partial charge < -0.3 is 4.74 Å². The topological polar surface area (TPSA) is 9.23 Å². The Morgan fingerprint density at radius 2 is 2.08 bits per heavy atom. The number of hydrogen-bond acceptors (Lipinski definition) is 1. The Labute approximate surface area is 75.8 Å². The first-order valence-corrected chi connectivity index (χ1v) is 4.58. The van der Waals surface area contributed by atoms with E-state index in [1.165, 1.54) is 25.7 Å². The summed E-state index contributed by atoms with van der Waals surface area (Å²) in [5, 5.41) is 0. The largest absolute Gasteiger partial charge is 0.504 e. The van der Waals surface area contributed by atoms with Gasteiger partial charge in [-0.25, -0.2) is 0 Å². The Hall–Kier alpha value is -0.900. The van der Waals surface area contributed by atoms with Crippen LogP contribution in [0.2, 0.25) is 0 Å². The highest BCUT2D eigenvalue weighted by molar-refractivity contribution is 5.13. The summed E-state index contributed by atoms with van der Waals surface area (Å²) < 4.78 is 4.70. The standard InChI is InChI=1S/C11H18O/c1-3-4-5-6-7-8-9-10-11-12-2/h10-11H,3-7H2,1-2H3/b11-10+. The van der Waals surface area contributed by atoms with Crippen molar-refractivity contribution in [1.82, 2.24) is 0 Å². The SMILES string of the molecule is CCCCCCC#C/C=C/OC. The Morgan fingerprint density at radius 3 is 2.75 bits per heavy atom. The van der Waals surface area contributed by atoms with Gasteiger partial charge in [0.25, 0.3) is 0 Å². The zero-order valence-electron chi connectivity index (χ0n) is 8.10. The molecule has 0 radical (unpaired) electrons. The molecule has 0 heterocycles. The van der Waals surface area contributed by atoms with Crippen LogP contribution in [0.5, 0.6) is 0 Å². The number of unbranched alkanes of at least 4 members (excludes halogenated alkanes) is 4. The first-order valence-electron chi connectivity index (χ1n) is 4.58. The average molecular weight is 166 g/mol. The Kier molecular flexibility index (Phi) is 9.34. The Balaban J connectivity index is 3.15. The molecule has 0 aliphatic carbocycles. The molecule has 0 aromatic rings. The third kappa shape index (κ3) is 9.10. The van der Waals surface area contributed by atoms with E-state index in [2.05, 4.69) is 18.8 Å². The van der Waals surface area contributed by atoms with Crippen molar-refractivity contribution in [1.29, 1.82) is 0 Å². The third-order valence-corrected chi connectivity index (χ3v) is 1.54. The van der Waals surface area contributed by atoms with Crippen LogP contribution in [0, 0.1) is 11.8 Å². The van der Waals surface area contributed by atoms with E-state index in [0.717, 1.165) is 6.42 Å². The molecule has 0 atom stereocenters. The summed E-state index contributed by atoms with van der Waals surface area (Å²) in [5.74, 6) is 5.97. The van der Waals surface area contributed by atoms with E-state index in [-0.39, 0.29) is 0 Å². The highest BCUT2D eigenvalue weighted by Crippen LogP contribution is 2.00. The summed E-state index contributed by atoms with van der Waals surface area (Å²) >= 11 is 0. The summed E-state index contributed by atoms with van der Waals surface area (Å²) in [5.41, 5.74) is 0. The van der Waals surface area contributed by atoms with Gasteiger partial charge in [-0.1, -0.05) is 38.0 Å². The van der Waals surface area contributed by atoms with Crippen LogP contribution in [0.25, 0.3) is 0 Å². The molecule has 0 fully saturated rings.